The predicted molar refractivity (Wildman–Crippen MR) is 138 cm³/mol. The fourth-order valence-electron chi connectivity index (χ4n) is 4.91. The first-order chi connectivity index (χ1) is 14.2. The van der Waals surface area contributed by atoms with E-state index in [4.69, 9.17) is 5.73 Å². The van der Waals surface area contributed by atoms with Crippen molar-refractivity contribution in [1.29, 1.82) is 0 Å². The summed E-state index contributed by atoms with van der Waals surface area (Å²) in [6.07, 6.45) is 4.85. The molecule has 3 heterocycles. The molecule has 1 amide bonds. The van der Waals surface area contributed by atoms with Crippen molar-refractivity contribution in [3.05, 3.63) is 48.2 Å². The van der Waals surface area contributed by atoms with E-state index in [9.17, 15) is 4.79 Å². The zero-order chi connectivity index (χ0) is 20.0. The monoisotopic (exact) mass is 495 g/mol. The van der Waals surface area contributed by atoms with Gasteiger partial charge in [-0.3, -0.25) is 4.79 Å². The molecule has 0 saturated carbocycles. The Hall–Kier alpha value is -2.12. The quantitative estimate of drug-likeness (QED) is 0.526. The van der Waals surface area contributed by atoms with Crippen LogP contribution in [-0.2, 0) is 0 Å². The first-order valence-corrected chi connectivity index (χ1v) is 10.4. The van der Waals surface area contributed by atoms with E-state index in [2.05, 4.69) is 33.2 Å². The fraction of sp³-hybridized carbons (Fsp3) is 0.348. The lowest BCUT2D eigenvalue weighted by atomic mass is 9.93. The Morgan fingerprint density at radius 3 is 2.66 bits per heavy atom. The molecule has 32 heavy (non-hydrogen) atoms. The second-order valence-corrected chi connectivity index (χ2v) is 7.95. The van der Waals surface area contributed by atoms with Crippen molar-refractivity contribution < 1.29 is 4.79 Å². The van der Waals surface area contributed by atoms with Crippen LogP contribution in [0.5, 0.6) is 0 Å². The van der Waals surface area contributed by atoms with Gasteiger partial charge in [-0.1, -0.05) is 25.5 Å². The van der Waals surface area contributed by atoms with Gasteiger partial charge in [0.05, 0.1) is 5.69 Å². The van der Waals surface area contributed by atoms with Crippen LogP contribution in [0.4, 0.5) is 11.5 Å². The molecule has 2 unspecified atom stereocenters. The number of anilines is 2. The van der Waals surface area contributed by atoms with Gasteiger partial charge in [0.25, 0.3) is 5.91 Å². The summed E-state index contributed by atoms with van der Waals surface area (Å²) in [6.45, 7) is 4.20. The Labute approximate surface area is 206 Å². The summed E-state index contributed by atoms with van der Waals surface area (Å²) in [7, 11) is 0. The average Bonchev–Trinajstić information content (AvgIpc) is 3.36. The molecule has 0 aliphatic carbocycles. The van der Waals surface area contributed by atoms with Crippen molar-refractivity contribution in [2.24, 2.45) is 5.92 Å². The van der Waals surface area contributed by atoms with Crippen molar-refractivity contribution in [3.63, 3.8) is 0 Å². The Morgan fingerprint density at radius 2 is 1.97 bits per heavy atom. The number of rotatable bonds is 5. The molecule has 3 aromatic rings. The molecular weight excluding hydrogens is 469 g/mol. The maximum Gasteiger partial charge on any atom is 0.259 e. The number of carbonyl (C=O) groups is 1. The lowest BCUT2D eigenvalue weighted by Gasteiger charge is -2.33. The molecule has 2 aliphatic heterocycles. The Morgan fingerprint density at radius 1 is 1.16 bits per heavy atom. The van der Waals surface area contributed by atoms with Crippen molar-refractivity contribution in [1.82, 2.24) is 15.3 Å². The summed E-state index contributed by atoms with van der Waals surface area (Å²) in [6, 6.07) is 11.9. The van der Waals surface area contributed by atoms with E-state index in [1.165, 1.54) is 0 Å². The van der Waals surface area contributed by atoms with Crippen LogP contribution in [0.15, 0.2) is 42.6 Å². The Bertz CT molecular complexity index is 1100. The first kappa shape index (κ1) is 26.1. The molecule has 1 saturated heterocycles. The van der Waals surface area contributed by atoms with Crippen LogP contribution in [-0.4, -0.2) is 35.0 Å². The number of benzene rings is 2. The van der Waals surface area contributed by atoms with E-state index < -0.39 is 0 Å². The average molecular weight is 497 g/mol. The summed E-state index contributed by atoms with van der Waals surface area (Å²) in [5, 5.41) is 5.47. The molecule has 3 N–H and O–H groups in total. The minimum absolute atomic E-state index is 0. The minimum atomic E-state index is 0. The molecule has 5 rings (SSSR count). The third kappa shape index (κ3) is 4.25. The molecule has 1 aromatic heterocycles. The highest BCUT2D eigenvalue weighted by atomic mass is 35.5. The van der Waals surface area contributed by atoms with Gasteiger partial charge in [0.15, 0.2) is 5.82 Å². The number of nitrogens with one attached hydrogen (secondary N) is 1. The number of hydrogen-bond acceptors (Lipinski definition) is 5. The minimum Gasteiger partial charge on any atom is -0.384 e. The molecule has 6 nitrogen and oxygen atoms in total. The largest absolute Gasteiger partial charge is 0.384 e. The second-order valence-electron chi connectivity index (χ2n) is 7.95. The number of nitrogens with two attached hydrogens (primary N) is 1. The Kier molecular flexibility index (Phi) is 8.71. The van der Waals surface area contributed by atoms with Crippen LogP contribution in [0, 0.1) is 5.92 Å². The molecule has 0 radical (unpaired) electrons. The van der Waals surface area contributed by atoms with Crippen LogP contribution < -0.4 is 16.0 Å². The maximum absolute atomic E-state index is 13.5. The van der Waals surface area contributed by atoms with E-state index in [1.807, 2.05) is 24.3 Å². The standard InChI is InChI=1S/C23H25N5O.3ClH/c1-2-4-18(14-9-11-25-13-14)28-19-8-7-16(22-26-12-10-20(24)27-22)15-5-3-6-17(21(15)19)23(28)29;;;/h3,5-8,10,12,14,18,25H,2,4,9,11,13H2,1H3,(H2,24,26,27);3*1H. The molecule has 0 spiro atoms. The van der Waals surface area contributed by atoms with Gasteiger partial charge >= 0.3 is 0 Å². The zero-order valence-corrected chi connectivity index (χ0v) is 20.2. The molecule has 9 heteroatoms. The third-order valence-corrected chi connectivity index (χ3v) is 6.20. The van der Waals surface area contributed by atoms with Gasteiger partial charge in [0.2, 0.25) is 0 Å². The van der Waals surface area contributed by atoms with E-state index >= 15 is 0 Å². The number of amides is 1. The van der Waals surface area contributed by atoms with Crippen LogP contribution in [0.25, 0.3) is 22.2 Å². The molecule has 2 aliphatic rings. The normalized spacial score (nSPS) is 17.5. The second kappa shape index (κ2) is 10.7. The molecule has 2 atom stereocenters. The van der Waals surface area contributed by atoms with E-state index in [0.29, 0.717) is 17.6 Å². The van der Waals surface area contributed by atoms with Crippen LogP contribution in [0.2, 0.25) is 0 Å². The summed E-state index contributed by atoms with van der Waals surface area (Å²) in [5.41, 5.74) is 8.57. The SMILES string of the molecule is CCCC(C1CCNC1)N1C(=O)c2cccc3c(-c4nccc(N)n4)ccc1c23.Cl.Cl.Cl. The van der Waals surface area contributed by atoms with Gasteiger partial charge < -0.3 is 16.0 Å². The number of nitrogens with zero attached hydrogens (tertiary/aromatic N) is 3. The van der Waals surface area contributed by atoms with Crippen molar-refractivity contribution in [2.75, 3.05) is 23.7 Å². The highest BCUT2D eigenvalue weighted by Gasteiger charge is 2.39. The Balaban J connectivity index is 0.00000121. The van der Waals surface area contributed by atoms with Gasteiger partial charge in [-0.2, -0.15) is 0 Å². The van der Waals surface area contributed by atoms with Crippen LogP contribution in [0.3, 0.4) is 0 Å². The van der Waals surface area contributed by atoms with Crippen molar-refractivity contribution >= 4 is 65.4 Å². The number of nitrogen functional groups attached to an aromatic ring is 1. The predicted octanol–water partition coefficient (Wildman–Crippen LogP) is 4.88. The fourth-order valence-corrected chi connectivity index (χ4v) is 4.91. The van der Waals surface area contributed by atoms with Crippen molar-refractivity contribution in [3.8, 4) is 11.4 Å². The highest BCUT2D eigenvalue weighted by molar-refractivity contribution is 6.26. The van der Waals surface area contributed by atoms with Crippen LogP contribution in [0.1, 0.15) is 36.5 Å². The molecule has 0 bridgehead atoms. The number of aromatic nitrogens is 2. The summed E-state index contributed by atoms with van der Waals surface area (Å²) in [5.74, 6) is 1.62. The van der Waals surface area contributed by atoms with Crippen LogP contribution >= 0.6 is 37.2 Å². The zero-order valence-electron chi connectivity index (χ0n) is 17.8. The maximum atomic E-state index is 13.5. The molecular formula is C23H28Cl3N5O. The molecule has 1 fully saturated rings. The van der Waals surface area contributed by atoms with Gasteiger partial charge in [-0.25, -0.2) is 9.97 Å². The first-order valence-electron chi connectivity index (χ1n) is 10.4. The van der Waals surface area contributed by atoms with Crippen molar-refractivity contribution in [2.45, 2.75) is 32.2 Å². The lowest BCUT2D eigenvalue weighted by Crippen LogP contribution is -2.43. The number of carbonyl (C=O) groups excluding carboxylic acids is 1. The van der Waals surface area contributed by atoms with E-state index in [0.717, 1.165) is 59.9 Å². The van der Waals surface area contributed by atoms with Gasteiger partial charge in [0, 0.05) is 28.8 Å². The summed E-state index contributed by atoms with van der Waals surface area (Å²) in [4.78, 5) is 24.4. The number of halogens is 3. The van der Waals surface area contributed by atoms with Gasteiger partial charge in [-0.15, -0.1) is 37.2 Å². The summed E-state index contributed by atoms with van der Waals surface area (Å²) >= 11 is 0. The molecule has 172 valence electrons. The van der Waals surface area contributed by atoms with Gasteiger partial charge in [0.1, 0.15) is 5.82 Å². The topological polar surface area (TPSA) is 84.1 Å². The van der Waals surface area contributed by atoms with E-state index in [1.54, 1.807) is 12.3 Å². The highest BCUT2D eigenvalue weighted by Crippen LogP contribution is 2.44. The molecule has 2 aromatic carbocycles. The lowest BCUT2D eigenvalue weighted by molar-refractivity contribution is 0.0973. The summed E-state index contributed by atoms with van der Waals surface area (Å²) < 4.78 is 0. The number of hydrogen-bond donors (Lipinski definition) is 2. The smallest absolute Gasteiger partial charge is 0.259 e. The third-order valence-electron chi connectivity index (χ3n) is 6.20. The van der Waals surface area contributed by atoms with Gasteiger partial charge in [-0.05, 0) is 61.5 Å². The van der Waals surface area contributed by atoms with E-state index in [-0.39, 0.29) is 49.2 Å².